The number of amides is 2. The average Bonchev–Trinajstić information content (AvgIpc) is 3.78. The van der Waals surface area contributed by atoms with Crippen LogP contribution in [0.25, 0.3) is 10.4 Å². The first kappa shape index (κ1) is 32.5. The summed E-state index contributed by atoms with van der Waals surface area (Å²) in [5.41, 5.74) is 0.938. The molecular weight excluding hydrogens is 654 g/mol. The molecule has 248 valence electrons. The first-order chi connectivity index (χ1) is 22.4. The predicted octanol–water partition coefficient (Wildman–Crippen LogP) is 2.70. The third-order valence-corrected chi connectivity index (χ3v) is 11.1. The van der Waals surface area contributed by atoms with Gasteiger partial charge in [-0.25, -0.2) is 19.0 Å². The maximum absolute atomic E-state index is 13.2. The molecule has 15 nitrogen and oxygen atoms in total. The molecule has 0 bridgehead atoms. The van der Waals surface area contributed by atoms with Crippen LogP contribution in [-0.2, 0) is 30.5 Å². The highest BCUT2D eigenvalue weighted by Gasteiger charge is 2.60. The fourth-order valence-electron chi connectivity index (χ4n) is 6.89. The molecule has 2 saturated heterocycles. The Morgan fingerprint density at radius 1 is 1.26 bits per heavy atom. The average molecular weight is 687 g/mol. The maximum Gasteiger partial charge on any atom is 0.411 e. The minimum absolute atomic E-state index is 0.0629. The minimum atomic E-state index is -1.20. The van der Waals surface area contributed by atoms with Crippen LogP contribution in [0.4, 0.5) is 10.5 Å². The number of carboxylic acids is 1. The summed E-state index contributed by atoms with van der Waals surface area (Å²) in [5.74, 6) is -3.17. The van der Waals surface area contributed by atoms with Gasteiger partial charge in [-0.15, -0.1) is 0 Å². The number of fused-ring (bicyclic) bond motifs is 2. The molecule has 2 N–H and O–H groups in total. The second kappa shape index (κ2) is 12.3. The van der Waals surface area contributed by atoms with Gasteiger partial charge in [0.05, 0.1) is 41.5 Å². The molecule has 0 saturated carbocycles. The lowest BCUT2D eigenvalue weighted by atomic mass is 9.77. The third kappa shape index (κ3) is 5.31. The van der Waals surface area contributed by atoms with Gasteiger partial charge in [0.2, 0.25) is 15.8 Å². The summed E-state index contributed by atoms with van der Waals surface area (Å²) in [5, 5.41) is 32.1. The number of hydrogen-bond donors (Lipinski definition) is 2. The number of carbonyl (C=O) groups is 4. The largest absolute Gasteiger partial charge is 0.477 e. The molecule has 3 aliphatic rings. The summed E-state index contributed by atoms with van der Waals surface area (Å²) in [7, 11) is 1.25. The van der Waals surface area contributed by atoms with Crippen molar-refractivity contribution in [2.24, 2.45) is 11.8 Å². The molecule has 6 rings (SSSR count). The van der Waals surface area contributed by atoms with Gasteiger partial charge in [0, 0.05) is 30.0 Å². The smallest absolute Gasteiger partial charge is 0.411 e. The Balaban J connectivity index is 1.26. The molecule has 0 radical (unpaired) electrons. The number of carboxylic acid groups (broad SMARTS) is 1. The monoisotopic (exact) mass is 686 g/mol. The number of aliphatic hydroxyl groups is 1. The number of β-lactam (4-membered cyclic amide) rings is 1. The van der Waals surface area contributed by atoms with Crippen molar-refractivity contribution < 1.29 is 48.4 Å². The Bertz CT molecular complexity index is 1830. The number of ether oxygens (including phenoxy) is 2. The van der Waals surface area contributed by atoms with Gasteiger partial charge in [-0.1, -0.05) is 30.0 Å². The molecule has 17 heteroatoms. The molecule has 2 aromatic heterocycles. The zero-order valence-corrected chi connectivity index (χ0v) is 27.4. The summed E-state index contributed by atoms with van der Waals surface area (Å²) in [6.07, 6.45) is 4.18. The molecule has 47 heavy (non-hydrogen) atoms. The van der Waals surface area contributed by atoms with Crippen molar-refractivity contribution in [1.82, 2.24) is 14.2 Å². The Morgan fingerprint density at radius 3 is 2.55 bits per heavy atom. The van der Waals surface area contributed by atoms with E-state index in [1.165, 1.54) is 71.2 Å². The van der Waals surface area contributed by atoms with Gasteiger partial charge >= 0.3 is 18.0 Å². The van der Waals surface area contributed by atoms with Gasteiger partial charge in [0.15, 0.2) is 0 Å². The van der Waals surface area contributed by atoms with Crippen LogP contribution in [0.3, 0.4) is 0 Å². The molecular formula is C30H32N5O10S2+. The number of benzene rings is 1. The molecule has 2 fully saturated rings. The molecule has 1 aromatic carbocycles. The highest BCUT2D eigenvalue weighted by Crippen LogP contribution is 2.51. The first-order valence-corrected chi connectivity index (χ1v) is 16.7. The topological polar surface area (TPSA) is 185 Å². The number of non-ortho nitro benzene ring substituents is 1. The number of methoxy groups -OCH3 is 1. The lowest BCUT2D eigenvalue weighted by Crippen LogP contribution is -2.63. The van der Waals surface area contributed by atoms with E-state index >= 15 is 0 Å². The molecule has 0 aliphatic carbocycles. The van der Waals surface area contributed by atoms with E-state index in [1.807, 2.05) is 34.7 Å². The Hall–Kier alpha value is -4.48. The van der Waals surface area contributed by atoms with Gasteiger partial charge in [0.1, 0.15) is 30.6 Å². The molecule has 2 amide bonds. The summed E-state index contributed by atoms with van der Waals surface area (Å²) in [6.45, 7) is 3.41. The van der Waals surface area contributed by atoms with Crippen LogP contribution in [0, 0.1) is 22.0 Å². The normalized spacial score (nSPS) is 24.4. The number of nitro benzene ring substituents is 1. The highest BCUT2D eigenvalue weighted by atomic mass is 32.2. The Kier molecular flexibility index (Phi) is 8.48. The Labute approximate surface area is 276 Å². The number of hydrogen-bond acceptors (Lipinski definition) is 11. The van der Waals surface area contributed by atoms with Crippen LogP contribution in [0.2, 0.25) is 0 Å². The second-order valence-electron chi connectivity index (χ2n) is 11.7. The summed E-state index contributed by atoms with van der Waals surface area (Å²) < 4.78 is 14.3. The SMILES string of the molecule is COC(=O)[C@@H]1C[C@@H]([n+]2cn3cc(C4=C(C(=O)O)N5C(=O)[C@H]([C@@H](C)O)[C@H]5[C@H]4C)sc3c2SC)CN1C(=O)OCc1ccc([N+](=O)[O-])cc1. The summed E-state index contributed by atoms with van der Waals surface area (Å²) in [6, 6.07) is 3.95. The van der Waals surface area contributed by atoms with E-state index in [1.54, 1.807) is 0 Å². The third-order valence-electron chi connectivity index (χ3n) is 9.09. The van der Waals surface area contributed by atoms with Crippen molar-refractivity contribution in [2.45, 2.75) is 56.1 Å². The van der Waals surface area contributed by atoms with Crippen LogP contribution in [0.15, 0.2) is 47.5 Å². The number of nitro groups is 1. The van der Waals surface area contributed by atoms with Gasteiger partial charge in [-0.2, -0.15) is 4.40 Å². The zero-order valence-electron chi connectivity index (χ0n) is 25.8. The quantitative estimate of drug-likeness (QED) is 0.0842. The van der Waals surface area contributed by atoms with E-state index in [-0.39, 0.29) is 42.9 Å². The molecule has 5 heterocycles. The number of likely N-dealkylation sites (tertiary alicyclic amines) is 1. The number of aliphatic carboxylic acids is 1. The number of carbonyl (C=O) groups excluding carboxylic acids is 3. The van der Waals surface area contributed by atoms with Crippen LogP contribution < -0.4 is 4.57 Å². The van der Waals surface area contributed by atoms with Crippen LogP contribution in [0.1, 0.15) is 36.8 Å². The number of aliphatic hydroxyl groups excluding tert-OH is 1. The van der Waals surface area contributed by atoms with E-state index in [0.717, 1.165) is 9.86 Å². The molecule has 6 atom stereocenters. The Morgan fingerprint density at radius 2 is 1.96 bits per heavy atom. The van der Waals surface area contributed by atoms with E-state index < -0.39 is 53.0 Å². The molecule has 0 spiro atoms. The number of imidazole rings is 1. The fourth-order valence-corrected chi connectivity index (χ4v) is 9.12. The summed E-state index contributed by atoms with van der Waals surface area (Å²) in [4.78, 5) is 65.7. The number of thiazole rings is 1. The minimum Gasteiger partial charge on any atom is -0.477 e. The number of esters is 1. The van der Waals surface area contributed by atoms with Crippen LogP contribution in [0.5, 0.6) is 0 Å². The van der Waals surface area contributed by atoms with Crippen molar-refractivity contribution in [3.05, 3.63) is 63.0 Å². The van der Waals surface area contributed by atoms with Crippen molar-refractivity contribution in [2.75, 3.05) is 19.9 Å². The summed E-state index contributed by atoms with van der Waals surface area (Å²) >= 11 is 2.84. The lowest BCUT2D eigenvalue weighted by molar-refractivity contribution is -0.751. The van der Waals surface area contributed by atoms with E-state index in [4.69, 9.17) is 9.47 Å². The van der Waals surface area contributed by atoms with Crippen LogP contribution >= 0.6 is 23.1 Å². The predicted molar refractivity (Wildman–Crippen MR) is 166 cm³/mol. The van der Waals surface area contributed by atoms with Gasteiger partial charge in [0.25, 0.3) is 12.0 Å². The molecule has 3 aromatic rings. The van der Waals surface area contributed by atoms with Gasteiger partial charge in [-0.3, -0.25) is 19.8 Å². The van der Waals surface area contributed by atoms with Crippen molar-refractivity contribution in [3.63, 3.8) is 0 Å². The van der Waals surface area contributed by atoms with Gasteiger partial charge in [-0.05, 0) is 30.9 Å². The van der Waals surface area contributed by atoms with Crippen molar-refractivity contribution in [1.29, 1.82) is 0 Å². The molecule has 3 aliphatic heterocycles. The zero-order chi connectivity index (χ0) is 33.9. The van der Waals surface area contributed by atoms with Gasteiger partial charge < -0.3 is 24.6 Å². The van der Waals surface area contributed by atoms with E-state index in [0.29, 0.717) is 16.0 Å². The fraction of sp³-hybridized carbons (Fsp3) is 0.433. The van der Waals surface area contributed by atoms with Crippen molar-refractivity contribution in [3.8, 4) is 0 Å². The standard InChI is InChI=1S/C30H31N5O10S2/c1-14-21(24(28(38)39)34-23(14)22(15(2)36)25(34)37)20-11-31-13-33(27(46-4)26(31)47-20)18-9-19(29(40)44-3)32(10-18)30(41)45-12-16-5-7-17(8-6-16)35(42)43/h5-8,11,13-15,18-19,22-23,36H,9-10,12H2,1-4H3/p+1/t14-,15+,18+,19-,22+,23+/m0/s1. The number of thioether (sulfide) groups is 1. The van der Waals surface area contributed by atoms with E-state index in [9.17, 15) is 39.5 Å². The highest BCUT2D eigenvalue weighted by molar-refractivity contribution is 7.98. The van der Waals surface area contributed by atoms with E-state index in [2.05, 4.69) is 0 Å². The number of nitrogens with zero attached hydrogens (tertiary/aromatic N) is 5. The van der Waals surface area contributed by atoms with Crippen molar-refractivity contribution >= 4 is 63.1 Å². The second-order valence-corrected chi connectivity index (χ2v) is 13.5. The lowest BCUT2D eigenvalue weighted by Gasteiger charge is -2.46. The van der Waals surface area contributed by atoms with Crippen LogP contribution in [-0.4, -0.2) is 91.4 Å². The molecule has 0 unspecified atom stereocenters. The number of rotatable bonds is 9. The maximum atomic E-state index is 13.2. The number of aromatic nitrogens is 2. The first-order valence-electron chi connectivity index (χ1n) is 14.7.